The first kappa shape index (κ1) is 16.1. The van der Waals surface area contributed by atoms with Crippen LogP contribution < -0.4 is 4.74 Å². The third kappa shape index (κ3) is 3.32. The first-order valence-corrected chi connectivity index (χ1v) is 8.19. The van der Waals surface area contributed by atoms with Gasteiger partial charge in [-0.2, -0.15) is 0 Å². The van der Waals surface area contributed by atoms with Gasteiger partial charge in [-0.25, -0.2) is 0 Å². The molecule has 4 nitrogen and oxygen atoms in total. The molecule has 2 amide bonds. The summed E-state index contributed by atoms with van der Waals surface area (Å²) in [5, 5.41) is -0.201. The molecule has 2 rings (SSSR count). The third-order valence-corrected chi connectivity index (χ3v) is 4.83. The molecule has 1 aliphatic heterocycles. The van der Waals surface area contributed by atoms with Crippen LogP contribution in [0.3, 0.4) is 0 Å². The summed E-state index contributed by atoms with van der Waals surface area (Å²) in [6.07, 6.45) is 2.48. The molecular weight excluding hydrogens is 354 g/mol. The highest BCUT2D eigenvalue weighted by atomic mass is 79.9. The molecule has 1 aliphatic rings. The molecule has 112 valence electrons. The Morgan fingerprint density at radius 3 is 2.71 bits per heavy atom. The van der Waals surface area contributed by atoms with Gasteiger partial charge in [-0.15, -0.1) is 0 Å². The van der Waals surface area contributed by atoms with Crippen molar-refractivity contribution in [1.82, 2.24) is 4.90 Å². The van der Waals surface area contributed by atoms with Crippen molar-refractivity contribution < 1.29 is 14.3 Å². The van der Waals surface area contributed by atoms with E-state index in [1.807, 2.05) is 32.0 Å². The van der Waals surface area contributed by atoms with Crippen molar-refractivity contribution in [1.29, 1.82) is 0 Å². The maximum Gasteiger partial charge on any atom is 0.293 e. The van der Waals surface area contributed by atoms with Crippen LogP contribution in [0, 0.1) is 0 Å². The van der Waals surface area contributed by atoms with Gasteiger partial charge in [0.25, 0.3) is 11.1 Å². The molecule has 0 bridgehead atoms. The number of hydrogen-bond acceptors (Lipinski definition) is 4. The van der Waals surface area contributed by atoms with Gasteiger partial charge < -0.3 is 4.74 Å². The lowest BCUT2D eigenvalue weighted by Crippen LogP contribution is -2.36. The van der Waals surface area contributed by atoms with Gasteiger partial charge in [-0.1, -0.05) is 13.0 Å². The van der Waals surface area contributed by atoms with Crippen LogP contribution in [0.15, 0.2) is 27.6 Å². The average Bonchev–Trinajstić information content (AvgIpc) is 2.73. The molecule has 0 saturated carbocycles. The zero-order chi connectivity index (χ0) is 15.6. The fraction of sp³-hybridized carbons (Fsp3) is 0.333. The van der Waals surface area contributed by atoms with Gasteiger partial charge in [-0.05, 0) is 64.8 Å². The zero-order valence-electron chi connectivity index (χ0n) is 12.1. The maximum absolute atomic E-state index is 12.3. The van der Waals surface area contributed by atoms with E-state index in [9.17, 15) is 9.59 Å². The molecule has 0 N–H and O–H groups in total. The molecule has 6 heteroatoms. The monoisotopic (exact) mass is 369 g/mol. The number of carbonyl (C=O) groups is 2. The molecule has 0 aromatic heterocycles. The zero-order valence-corrected chi connectivity index (χ0v) is 14.5. The Labute approximate surface area is 136 Å². The standard InChI is InChI=1S/C15H16BrNO3S/c1-4-9(2)17-14(18)13(21-15(17)19)8-10-5-6-12(20-3)11(16)7-10/h5-9H,4H2,1-3H3/b13-8+/t9-/m0/s1. The van der Waals surface area contributed by atoms with E-state index >= 15 is 0 Å². The second-order valence-electron chi connectivity index (χ2n) is 4.70. The molecule has 1 saturated heterocycles. The van der Waals surface area contributed by atoms with E-state index in [0.29, 0.717) is 4.91 Å². The van der Waals surface area contributed by atoms with Crippen molar-refractivity contribution in [3.05, 3.63) is 33.1 Å². The van der Waals surface area contributed by atoms with Crippen molar-refractivity contribution in [2.24, 2.45) is 0 Å². The number of benzene rings is 1. The van der Waals surface area contributed by atoms with E-state index in [1.165, 1.54) is 4.90 Å². The first-order chi connectivity index (χ1) is 9.97. The highest BCUT2D eigenvalue weighted by Crippen LogP contribution is 2.35. The highest BCUT2D eigenvalue weighted by Gasteiger charge is 2.37. The van der Waals surface area contributed by atoms with Gasteiger partial charge in [-0.3, -0.25) is 14.5 Å². The molecule has 1 atom stereocenters. The topological polar surface area (TPSA) is 46.6 Å². The Hall–Kier alpha value is -1.27. The number of carbonyl (C=O) groups excluding carboxylic acids is 2. The summed E-state index contributed by atoms with van der Waals surface area (Å²) < 4.78 is 5.97. The number of thioether (sulfide) groups is 1. The number of halogens is 1. The van der Waals surface area contributed by atoms with Crippen LogP contribution in [-0.2, 0) is 4.79 Å². The van der Waals surface area contributed by atoms with Crippen LogP contribution >= 0.6 is 27.7 Å². The van der Waals surface area contributed by atoms with Gasteiger partial charge in [0.2, 0.25) is 0 Å². The smallest absolute Gasteiger partial charge is 0.293 e. The Balaban J connectivity index is 2.28. The molecule has 0 unspecified atom stereocenters. The minimum absolute atomic E-state index is 0.0778. The first-order valence-electron chi connectivity index (χ1n) is 6.58. The lowest BCUT2D eigenvalue weighted by atomic mass is 10.2. The third-order valence-electron chi connectivity index (χ3n) is 3.33. The van der Waals surface area contributed by atoms with E-state index in [2.05, 4.69) is 15.9 Å². The van der Waals surface area contributed by atoms with Crippen molar-refractivity contribution in [2.75, 3.05) is 7.11 Å². The SMILES string of the molecule is CC[C@H](C)N1C(=O)S/C(=C/c2ccc(OC)c(Br)c2)C1=O. The Morgan fingerprint density at radius 1 is 1.43 bits per heavy atom. The molecular formula is C15H16BrNO3S. The van der Waals surface area contributed by atoms with Crippen LogP contribution in [-0.4, -0.2) is 29.2 Å². The predicted octanol–water partition coefficient (Wildman–Crippen LogP) is 4.29. The summed E-state index contributed by atoms with van der Waals surface area (Å²) in [6, 6.07) is 5.44. The molecule has 1 fully saturated rings. The molecule has 1 heterocycles. The number of rotatable bonds is 4. The van der Waals surface area contributed by atoms with Crippen LogP contribution in [0.5, 0.6) is 5.75 Å². The van der Waals surface area contributed by atoms with E-state index in [1.54, 1.807) is 13.2 Å². The molecule has 0 spiro atoms. The lowest BCUT2D eigenvalue weighted by Gasteiger charge is -2.19. The van der Waals surface area contributed by atoms with Crippen LogP contribution in [0.2, 0.25) is 0 Å². The normalized spacial score (nSPS) is 18.5. The van der Waals surface area contributed by atoms with Gasteiger partial charge in [0.15, 0.2) is 0 Å². The van der Waals surface area contributed by atoms with Crippen molar-refractivity contribution in [3.8, 4) is 5.75 Å². The van der Waals surface area contributed by atoms with E-state index < -0.39 is 0 Å². The number of nitrogens with zero attached hydrogens (tertiary/aromatic N) is 1. The molecule has 1 aromatic carbocycles. The van der Waals surface area contributed by atoms with Crippen LogP contribution in [0.25, 0.3) is 6.08 Å². The fourth-order valence-electron chi connectivity index (χ4n) is 1.97. The van der Waals surface area contributed by atoms with Crippen molar-refractivity contribution in [2.45, 2.75) is 26.3 Å². The van der Waals surface area contributed by atoms with E-state index in [0.717, 1.165) is 34.0 Å². The molecule has 21 heavy (non-hydrogen) atoms. The van der Waals surface area contributed by atoms with Crippen molar-refractivity contribution >= 4 is 44.9 Å². The van der Waals surface area contributed by atoms with Gasteiger partial charge >= 0.3 is 0 Å². The summed E-state index contributed by atoms with van der Waals surface area (Å²) in [5.41, 5.74) is 0.845. The lowest BCUT2D eigenvalue weighted by molar-refractivity contribution is -0.124. The number of ether oxygens (including phenoxy) is 1. The predicted molar refractivity (Wildman–Crippen MR) is 88.3 cm³/mol. The summed E-state index contributed by atoms with van der Waals surface area (Å²) in [7, 11) is 1.59. The number of hydrogen-bond donors (Lipinski definition) is 0. The average molecular weight is 370 g/mol. The Kier molecular flexibility index (Phi) is 5.11. The van der Waals surface area contributed by atoms with Gasteiger partial charge in [0.05, 0.1) is 16.5 Å². The van der Waals surface area contributed by atoms with E-state index in [-0.39, 0.29) is 17.2 Å². The number of imide groups is 1. The summed E-state index contributed by atoms with van der Waals surface area (Å²) in [6.45, 7) is 3.83. The highest BCUT2D eigenvalue weighted by molar-refractivity contribution is 9.10. The molecule has 1 aromatic rings. The van der Waals surface area contributed by atoms with Gasteiger partial charge in [0, 0.05) is 6.04 Å². The molecule has 0 aliphatic carbocycles. The van der Waals surface area contributed by atoms with Crippen molar-refractivity contribution in [3.63, 3.8) is 0 Å². The largest absolute Gasteiger partial charge is 0.496 e. The number of methoxy groups -OCH3 is 1. The summed E-state index contributed by atoms with van der Waals surface area (Å²) in [5.74, 6) is 0.506. The Bertz CT molecular complexity index is 615. The summed E-state index contributed by atoms with van der Waals surface area (Å²) >= 11 is 4.39. The van der Waals surface area contributed by atoms with E-state index in [4.69, 9.17) is 4.74 Å². The minimum Gasteiger partial charge on any atom is -0.496 e. The van der Waals surface area contributed by atoms with Gasteiger partial charge in [0.1, 0.15) is 5.75 Å². The second-order valence-corrected chi connectivity index (χ2v) is 6.55. The maximum atomic E-state index is 12.3. The second kappa shape index (κ2) is 6.66. The minimum atomic E-state index is -0.216. The van der Waals surface area contributed by atoms with Crippen LogP contribution in [0.1, 0.15) is 25.8 Å². The molecule has 0 radical (unpaired) electrons. The number of amides is 2. The summed E-state index contributed by atoms with van der Waals surface area (Å²) in [4.78, 5) is 26.0. The van der Waals surface area contributed by atoms with Crippen LogP contribution in [0.4, 0.5) is 4.79 Å². The Morgan fingerprint density at radius 2 is 2.14 bits per heavy atom. The quantitative estimate of drug-likeness (QED) is 0.742. The fourth-order valence-corrected chi connectivity index (χ4v) is 3.45.